The highest BCUT2D eigenvalue weighted by molar-refractivity contribution is 6.30. The van der Waals surface area contributed by atoms with Gasteiger partial charge in [-0.1, -0.05) is 17.7 Å². The van der Waals surface area contributed by atoms with Gasteiger partial charge in [0.25, 0.3) is 0 Å². The molecule has 118 valence electrons. The number of fused-ring (bicyclic) bond motifs is 2. The van der Waals surface area contributed by atoms with E-state index < -0.39 is 0 Å². The van der Waals surface area contributed by atoms with Crippen LogP contribution in [0.3, 0.4) is 0 Å². The van der Waals surface area contributed by atoms with E-state index in [9.17, 15) is 0 Å². The molecule has 0 radical (unpaired) electrons. The Morgan fingerprint density at radius 3 is 2.78 bits per heavy atom. The van der Waals surface area contributed by atoms with E-state index in [0.717, 1.165) is 36.9 Å². The quantitative estimate of drug-likeness (QED) is 0.899. The van der Waals surface area contributed by atoms with Crippen LogP contribution in [0.15, 0.2) is 48.8 Å². The predicted octanol–water partition coefficient (Wildman–Crippen LogP) is 4.54. The molecule has 2 aliphatic rings. The Kier molecular flexibility index (Phi) is 4.06. The fraction of sp³-hybridized carbons (Fsp3) is 0.316. The van der Waals surface area contributed by atoms with Crippen molar-refractivity contribution >= 4 is 17.2 Å². The topological polar surface area (TPSA) is 34.1 Å². The van der Waals surface area contributed by atoms with Gasteiger partial charge in [-0.15, -0.1) is 0 Å². The molecule has 1 saturated heterocycles. The minimum Gasteiger partial charge on any atom is -0.456 e. The minimum atomic E-state index is 0.651. The Morgan fingerprint density at radius 1 is 1.09 bits per heavy atom. The molecule has 1 fully saturated rings. The first-order chi connectivity index (χ1) is 11.3. The highest BCUT2D eigenvalue weighted by Gasteiger charge is 2.26. The third-order valence-corrected chi connectivity index (χ3v) is 4.81. The standard InChI is InChI=1S/C19H19ClN2O/c20-17-1-3-18(4-2-17)23-19-8-16(11-22-12-19)15-6-13-5-14(7-15)10-21-9-13/h1-4,6,8,11-14,21H,5,7,9-10H2. The number of rotatable bonds is 3. The first-order valence-electron chi connectivity index (χ1n) is 8.06. The van der Waals surface area contributed by atoms with Crippen molar-refractivity contribution in [2.24, 2.45) is 11.8 Å². The Balaban J connectivity index is 1.56. The molecule has 2 atom stereocenters. The van der Waals surface area contributed by atoms with Crippen LogP contribution in [0.4, 0.5) is 0 Å². The Bertz CT molecular complexity index is 726. The number of hydrogen-bond acceptors (Lipinski definition) is 3. The van der Waals surface area contributed by atoms with Gasteiger partial charge in [-0.3, -0.25) is 4.98 Å². The average molecular weight is 327 g/mol. The van der Waals surface area contributed by atoms with E-state index in [-0.39, 0.29) is 0 Å². The molecule has 4 heteroatoms. The average Bonchev–Trinajstić information content (AvgIpc) is 2.57. The van der Waals surface area contributed by atoms with E-state index in [0.29, 0.717) is 10.9 Å². The van der Waals surface area contributed by atoms with Gasteiger partial charge in [-0.25, -0.2) is 0 Å². The van der Waals surface area contributed by atoms with Crippen LogP contribution >= 0.6 is 11.6 Å². The number of pyridine rings is 1. The van der Waals surface area contributed by atoms with E-state index in [4.69, 9.17) is 16.3 Å². The van der Waals surface area contributed by atoms with Gasteiger partial charge in [0.05, 0.1) is 6.20 Å². The lowest BCUT2D eigenvalue weighted by molar-refractivity contribution is 0.316. The van der Waals surface area contributed by atoms with Crippen LogP contribution in [0.2, 0.25) is 5.02 Å². The zero-order valence-electron chi connectivity index (χ0n) is 12.8. The first kappa shape index (κ1) is 14.7. The maximum Gasteiger partial charge on any atom is 0.146 e. The lowest BCUT2D eigenvalue weighted by Crippen LogP contribution is -2.37. The molecule has 2 heterocycles. The van der Waals surface area contributed by atoms with Gasteiger partial charge in [0.2, 0.25) is 0 Å². The molecular weight excluding hydrogens is 308 g/mol. The molecule has 2 bridgehead atoms. The summed E-state index contributed by atoms with van der Waals surface area (Å²) in [6.45, 7) is 2.22. The summed E-state index contributed by atoms with van der Waals surface area (Å²) in [5, 5.41) is 4.22. The maximum absolute atomic E-state index is 5.91. The molecule has 2 aromatic rings. The second-order valence-electron chi connectivity index (χ2n) is 6.38. The predicted molar refractivity (Wildman–Crippen MR) is 92.8 cm³/mol. The molecule has 0 amide bonds. The molecule has 1 aromatic carbocycles. The third-order valence-electron chi connectivity index (χ3n) is 4.55. The molecule has 1 N–H and O–H groups in total. The monoisotopic (exact) mass is 326 g/mol. The summed E-state index contributed by atoms with van der Waals surface area (Å²) in [6.07, 6.45) is 8.53. The summed E-state index contributed by atoms with van der Waals surface area (Å²) in [7, 11) is 0. The van der Waals surface area contributed by atoms with Crippen molar-refractivity contribution in [3.63, 3.8) is 0 Å². The number of nitrogens with zero attached hydrogens (tertiary/aromatic N) is 1. The maximum atomic E-state index is 5.91. The lowest BCUT2D eigenvalue weighted by Gasteiger charge is -2.34. The van der Waals surface area contributed by atoms with Crippen molar-refractivity contribution in [2.45, 2.75) is 12.8 Å². The third kappa shape index (κ3) is 3.41. The molecule has 2 unspecified atom stereocenters. The normalized spacial score (nSPS) is 23.3. The van der Waals surface area contributed by atoms with Crippen LogP contribution in [0, 0.1) is 11.8 Å². The largest absolute Gasteiger partial charge is 0.456 e. The number of hydrogen-bond donors (Lipinski definition) is 1. The van der Waals surface area contributed by atoms with Gasteiger partial charge in [0.1, 0.15) is 11.5 Å². The molecule has 1 aromatic heterocycles. The van der Waals surface area contributed by atoms with Crippen LogP contribution in [0.5, 0.6) is 11.5 Å². The number of aromatic nitrogens is 1. The van der Waals surface area contributed by atoms with Crippen molar-refractivity contribution in [1.82, 2.24) is 10.3 Å². The fourth-order valence-corrected chi connectivity index (χ4v) is 3.64. The SMILES string of the molecule is Clc1ccc(Oc2cncc(C3=CC4CNCC(C3)C4)c2)cc1. The minimum absolute atomic E-state index is 0.651. The van der Waals surface area contributed by atoms with Crippen LogP contribution in [0.1, 0.15) is 18.4 Å². The number of halogens is 1. The molecular formula is C19H19ClN2O. The van der Waals surface area contributed by atoms with Gasteiger partial charge in [-0.05, 0) is 72.7 Å². The second kappa shape index (κ2) is 6.34. The summed E-state index contributed by atoms with van der Waals surface area (Å²) in [6, 6.07) is 9.47. The Hall–Kier alpha value is -1.84. The summed E-state index contributed by atoms with van der Waals surface area (Å²) >= 11 is 5.91. The van der Waals surface area contributed by atoms with E-state index in [2.05, 4.69) is 22.4 Å². The second-order valence-corrected chi connectivity index (χ2v) is 6.82. The Labute approximate surface area is 141 Å². The van der Waals surface area contributed by atoms with Gasteiger partial charge >= 0.3 is 0 Å². The Morgan fingerprint density at radius 2 is 1.96 bits per heavy atom. The van der Waals surface area contributed by atoms with Gasteiger partial charge in [-0.2, -0.15) is 0 Å². The summed E-state index contributed by atoms with van der Waals surface area (Å²) in [5.41, 5.74) is 2.58. The van der Waals surface area contributed by atoms with Crippen molar-refractivity contribution in [3.05, 3.63) is 59.4 Å². The molecule has 1 aliphatic carbocycles. The summed E-state index contributed by atoms with van der Waals surface area (Å²) in [5.74, 6) is 2.93. The van der Waals surface area contributed by atoms with Gasteiger partial charge in [0, 0.05) is 17.8 Å². The molecule has 0 spiro atoms. The molecule has 4 rings (SSSR count). The van der Waals surface area contributed by atoms with Crippen LogP contribution in [-0.2, 0) is 0 Å². The van der Waals surface area contributed by atoms with Crippen molar-refractivity contribution in [2.75, 3.05) is 13.1 Å². The summed E-state index contributed by atoms with van der Waals surface area (Å²) < 4.78 is 5.90. The highest BCUT2D eigenvalue weighted by Crippen LogP contribution is 2.36. The zero-order valence-corrected chi connectivity index (χ0v) is 13.6. The molecule has 1 aliphatic heterocycles. The molecule has 3 nitrogen and oxygen atoms in total. The van der Waals surface area contributed by atoms with E-state index in [1.807, 2.05) is 30.5 Å². The number of allylic oxidation sites excluding steroid dienone is 1. The van der Waals surface area contributed by atoms with Gasteiger partial charge in [0.15, 0.2) is 0 Å². The van der Waals surface area contributed by atoms with Crippen molar-refractivity contribution in [1.29, 1.82) is 0 Å². The van der Waals surface area contributed by atoms with E-state index in [1.54, 1.807) is 6.20 Å². The van der Waals surface area contributed by atoms with Gasteiger partial charge < -0.3 is 10.1 Å². The van der Waals surface area contributed by atoms with Crippen LogP contribution in [0.25, 0.3) is 5.57 Å². The van der Waals surface area contributed by atoms with Crippen molar-refractivity contribution in [3.8, 4) is 11.5 Å². The van der Waals surface area contributed by atoms with E-state index >= 15 is 0 Å². The number of ether oxygens (including phenoxy) is 1. The number of nitrogens with one attached hydrogen (secondary N) is 1. The van der Waals surface area contributed by atoms with Crippen LogP contribution in [-0.4, -0.2) is 18.1 Å². The van der Waals surface area contributed by atoms with Crippen LogP contribution < -0.4 is 10.1 Å². The zero-order chi connectivity index (χ0) is 15.6. The molecule has 23 heavy (non-hydrogen) atoms. The van der Waals surface area contributed by atoms with E-state index in [1.165, 1.54) is 17.6 Å². The summed E-state index contributed by atoms with van der Waals surface area (Å²) in [4.78, 5) is 4.36. The first-order valence-corrected chi connectivity index (χ1v) is 8.44. The number of piperidine rings is 1. The molecule has 0 saturated carbocycles. The van der Waals surface area contributed by atoms with Crippen molar-refractivity contribution < 1.29 is 4.74 Å². The fourth-order valence-electron chi connectivity index (χ4n) is 3.52. The lowest BCUT2D eigenvalue weighted by atomic mass is 9.78. The highest BCUT2D eigenvalue weighted by atomic mass is 35.5. The smallest absolute Gasteiger partial charge is 0.146 e. The number of benzene rings is 1.